The van der Waals surface area contributed by atoms with Crippen LogP contribution in [0, 0.1) is 0 Å². The minimum absolute atomic E-state index is 0.138. The molecule has 0 atom stereocenters. The lowest BCUT2D eigenvalue weighted by atomic mass is 10.3. The van der Waals surface area contributed by atoms with Crippen molar-refractivity contribution in [2.24, 2.45) is 0 Å². The molecule has 0 fully saturated rings. The van der Waals surface area contributed by atoms with E-state index in [1.807, 2.05) is 0 Å². The first-order valence-electron chi connectivity index (χ1n) is 4.85. The SMILES string of the molecule is O=C(O)c1nccnc1Oc1cc(Cl)c(Cl)cc1Cl. The molecule has 1 N–H and O–H groups in total. The van der Waals surface area contributed by atoms with Gasteiger partial charge in [-0.3, -0.25) is 0 Å². The summed E-state index contributed by atoms with van der Waals surface area (Å²) >= 11 is 17.5. The molecular formula is C11H5Cl3N2O3. The van der Waals surface area contributed by atoms with E-state index in [0.717, 1.165) is 0 Å². The first kappa shape index (κ1) is 13.9. The van der Waals surface area contributed by atoms with Crippen molar-refractivity contribution in [3.05, 3.63) is 45.3 Å². The lowest BCUT2D eigenvalue weighted by Crippen LogP contribution is -2.04. The standard InChI is InChI=1S/C11H5Cl3N2O3/c12-5-3-7(14)8(4-6(5)13)19-10-9(11(17)18)15-1-2-16-10/h1-4H,(H,17,18). The lowest BCUT2D eigenvalue weighted by molar-refractivity contribution is 0.0686. The first-order valence-corrected chi connectivity index (χ1v) is 5.99. The van der Waals surface area contributed by atoms with Gasteiger partial charge in [-0.15, -0.1) is 0 Å². The third-order valence-electron chi connectivity index (χ3n) is 2.05. The van der Waals surface area contributed by atoms with Crippen molar-refractivity contribution in [2.75, 3.05) is 0 Å². The zero-order valence-corrected chi connectivity index (χ0v) is 11.4. The van der Waals surface area contributed by atoms with Gasteiger partial charge in [-0.1, -0.05) is 34.8 Å². The number of hydrogen-bond donors (Lipinski definition) is 1. The Morgan fingerprint density at radius 3 is 2.37 bits per heavy atom. The number of aromatic nitrogens is 2. The molecule has 0 bridgehead atoms. The average molecular weight is 320 g/mol. The van der Waals surface area contributed by atoms with Crippen molar-refractivity contribution in [3.63, 3.8) is 0 Å². The van der Waals surface area contributed by atoms with E-state index in [2.05, 4.69) is 9.97 Å². The highest BCUT2D eigenvalue weighted by Gasteiger charge is 2.16. The van der Waals surface area contributed by atoms with Crippen LogP contribution in [0.1, 0.15) is 10.5 Å². The van der Waals surface area contributed by atoms with Crippen LogP contribution in [0.2, 0.25) is 15.1 Å². The molecule has 0 amide bonds. The second kappa shape index (κ2) is 5.61. The second-order valence-corrected chi connectivity index (χ2v) is 4.54. The molecule has 0 saturated heterocycles. The molecule has 0 unspecified atom stereocenters. The van der Waals surface area contributed by atoms with Crippen molar-refractivity contribution in [3.8, 4) is 11.6 Å². The summed E-state index contributed by atoms with van der Waals surface area (Å²) in [5, 5.41) is 9.61. The van der Waals surface area contributed by atoms with Crippen molar-refractivity contribution >= 4 is 40.8 Å². The Morgan fingerprint density at radius 1 is 1.05 bits per heavy atom. The minimum Gasteiger partial charge on any atom is -0.476 e. The minimum atomic E-state index is -1.26. The second-order valence-electron chi connectivity index (χ2n) is 3.31. The molecule has 8 heteroatoms. The number of hydrogen-bond acceptors (Lipinski definition) is 4. The highest BCUT2D eigenvalue weighted by molar-refractivity contribution is 6.43. The highest BCUT2D eigenvalue weighted by atomic mass is 35.5. The van der Waals surface area contributed by atoms with Crippen LogP contribution < -0.4 is 4.74 Å². The van der Waals surface area contributed by atoms with Gasteiger partial charge in [0.25, 0.3) is 5.88 Å². The fraction of sp³-hybridized carbons (Fsp3) is 0. The van der Waals surface area contributed by atoms with Gasteiger partial charge in [0.05, 0.1) is 15.1 Å². The summed E-state index contributed by atoms with van der Waals surface area (Å²) in [6.07, 6.45) is 2.54. The molecule has 0 aliphatic heterocycles. The highest BCUT2D eigenvalue weighted by Crippen LogP contribution is 2.36. The van der Waals surface area contributed by atoms with Crippen LogP contribution >= 0.6 is 34.8 Å². The fourth-order valence-electron chi connectivity index (χ4n) is 1.23. The summed E-state index contributed by atoms with van der Waals surface area (Å²) in [6, 6.07) is 2.75. The van der Waals surface area contributed by atoms with Gasteiger partial charge in [0.15, 0.2) is 0 Å². The van der Waals surface area contributed by atoms with Gasteiger partial charge >= 0.3 is 5.97 Å². The Labute approximate surface area is 122 Å². The number of aromatic carboxylic acids is 1. The number of carboxylic acids is 1. The maximum absolute atomic E-state index is 11.0. The molecule has 0 spiro atoms. The molecular weight excluding hydrogens is 314 g/mol. The van der Waals surface area contributed by atoms with E-state index in [9.17, 15) is 4.79 Å². The number of benzene rings is 1. The maximum atomic E-state index is 11.0. The van der Waals surface area contributed by atoms with Gasteiger partial charge in [0.2, 0.25) is 5.69 Å². The Kier molecular flexibility index (Phi) is 4.09. The van der Waals surface area contributed by atoms with Crippen molar-refractivity contribution in [1.29, 1.82) is 0 Å². The Morgan fingerprint density at radius 2 is 1.68 bits per heavy atom. The van der Waals surface area contributed by atoms with Crippen LogP contribution in [0.25, 0.3) is 0 Å². The summed E-state index contributed by atoms with van der Waals surface area (Å²) in [7, 11) is 0. The van der Waals surface area contributed by atoms with E-state index in [0.29, 0.717) is 0 Å². The van der Waals surface area contributed by atoms with Crippen molar-refractivity contribution < 1.29 is 14.6 Å². The monoisotopic (exact) mass is 318 g/mol. The molecule has 2 rings (SSSR count). The van der Waals surface area contributed by atoms with E-state index in [4.69, 9.17) is 44.6 Å². The van der Waals surface area contributed by atoms with E-state index in [-0.39, 0.29) is 32.4 Å². The van der Waals surface area contributed by atoms with Crippen LogP contribution in [-0.2, 0) is 0 Å². The van der Waals surface area contributed by atoms with Gasteiger partial charge < -0.3 is 9.84 Å². The molecule has 1 aromatic carbocycles. The first-order chi connectivity index (χ1) is 8.99. The number of carbonyl (C=O) groups is 1. The van der Waals surface area contributed by atoms with Crippen LogP contribution in [0.15, 0.2) is 24.5 Å². The Balaban J connectivity index is 2.42. The molecule has 0 saturated carbocycles. The van der Waals surface area contributed by atoms with Gasteiger partial charge in [-0.05, 0) is 6.07 Å². The number of carboxylic acid groups (broad SMARTS) is 1. The summed E-state index contributed by atoms with van der Waals surface area (Å²) in [6.45, 7) is 0. The topological polar surface area (TPSA) is 72.3 Å². The molecule has 0 aliphatic carbocycles. The van der Waals surface area contributed by atoms with Gasteiger partial charge in [-0.25, -0.2) is 14.8 Å². The molecule has 0 radical (unpaired) electrons. The summed E-state index contributed by atoms with van der Waals surface area (Å²) in [5.41, 5.74) is -0.329. The lowest BCUT2D eigenvalue weighted by Gasteiger charge is -2.09. The van der Waals surface area contributed by atoms with Crippen molar-refractivity contribution in [1.82, 2.24) is 9.97 Å². The fourth-order valence-corrected chi connectivity index (χ4v) is 1.81. The average Bonchev–Trinajstić information content (AvgIpc) is 2.36. The van der Waals surface area contributed by atoms with Crippen LogP contribution in [0.3, 0.4) is 0 Å². The normalized spacial score (nSPS) is 10.3. The number of rotatable bonds is 3. The van der Waals surface area contributed by atoms with Crippen molar-refractivity contribution in [2.45, 2.75) is 0 Å². The van der Waals surface area contributed by atoms with E-state index in [1.54, 1.807) is 0 Å². The predicted molar refractivity (Wildman–Crippen MR) is 70.5 cm³/mol. The third-order valence-corrected chi connectivity index (χ3v) is 3.07. The number of ether oxygens (including phenoxy) is 1. The Hall–Kier alpha value is -1.56. The van der Waals surface area contributed by atoms with E-state index in [1.165, 1.54) is 24.5 Å². The zero-order valence-electron chi connectivity index (χ0n) is 9.10. The quantitative estimate of drug-likeness (QED) is 0.868. The molecule has 1 heterocycles. The summed E-state index contributed by atoms with van der Waals surface area (Å²) in [4.78, 5) is 18.4. The molecule has 0 aliphatic rings. The van der Waals surface area contributed by atoms with Crippen LogP contribution in [0.5, 0.6) is 11.6 Å². The van der Waals surface area contributed by atoms with E-state index >= 15 is 0 Å². The maximum Gasteiger partial charge on any atom is 0.360 e. The smallest absolute Gasteiger partial charge is 0.360 e. The molecule has 2 aromatic rings. The molecule has 1 aromatic heterocycles. The van der Waals surface area contributed by atoms with Gasteiger partial charge in [0.1, 0.15) is 5.75 Å². The third kappa shape index (κ3) is 3.07. The van der Waals surface area contributed by atoms with Crippen LogP contribution in [0.4, 0.5) is 0 Å². The molecule has 98 valence electrons. The summed E-state index contributed by atoms with van der Waals surface area (Å²) in [5.74, 6) is -1.31. The predicted octanol–water partition coefficient (Wildman–Crippen LogP) is 3.93. The number of halogens is 3. The van der Waals surface area contributed by atoms with Gasteiger partial charge in [0, 0.05) is 18.5 Å². The molecule has 19 heavy (non-hydrogen) atoms. The largest absolute Gasteiger partial charge is 0.476 e. The summed E-state index contributed by atoms with van der Waals surface area (Å²) < 4.78 is 5.31. The number of nitrogens with zero attached hydrogens (tertiary/aromatic N) is 2. The molecule has 5 nitrogen and oxygen atoms in total. The van der Waals surface area contributed by atoms with Crippen LogP contribution in [-0.4, -0.2) is 21.0 Å². The zero-order chi connectivity index (χ0) is 14.0. The van der Waals surface area contributed by atoms with E-state index < -0.39 is 5.97 Å². The Bertz CT molecular complexity index is 649. The van der Waals surface area contributed by atoms with Gasteiger partial charge in [-0.2, -0.15) is 0 Å².